The Morgan fingerprint density at radius 1 is 1.03 bits per heavy atom. The normalized spacial score (nSPS) is 26.3. The van der Waals surface area contributed by atoms with Crippen LogP contribution in [-0.4, -0.2) is 122 Å². The van der Waals surface area contributed by atoms with Crippen LogP contribution in [-0.2, 0) is 16.1 Å². The molecule has 172 valence electrons. The van der Waals surface area contributed by atoms with Crippen molar-refractivity contribution in [3.05, 3.63) is 29.8 Å². The molecule has 3 saturated heterocycles. The number of benzene rings is 1. The molecule has 31 heavy (non-hydrogen) atoms. The smallest absolute Gasteiger partial charge is 0.260 e. The molecule has 0 spiro atoms. The van der Waals surface area contributed by atoms with Crippen LogP contribution < -0.4 is 4.74 Å². The number of likely N-dealkylation sites (tertiary alicyclic amines) is 1. The quantitative estimate of drug-likeness (QED) is 0.656. The summed E-state index contributed by atoms with van der Waals surface area (Å²) in [5.41, 5.74) is 0.578. The third-order valence-corrected chi connectivity index (χ3v) is 6.58. The van der Waals surface area contributed by atoms with Crippen LogP contribution in [0.15, 0.2) is 24.3 Å². The first-order valence-electron chi connectivity index (χ1n) is 11.4. The monoisotopic (exact) mass is 432 g/mol. The lowest BCUT2D eigenvalue weighted by Gasteiger charge is -2.36. The van der Waals surface area contributed by atoms with Gasteiger partial charge in [0.15, 0.2) is 6.61 Å². The molecular weight excluding hydrogens is 396 g/mol. The lowest BCUT2D eigenvalue weighted by molar-refractivity contribution is -0.137. The van der Waals surface area contributed by atoms with Gasteiger partial charge in [-0.05, 0) is 31.2 Å². The molecular formula is C23H36N4O4. The summed E-state index contributed by atoms with van der Waals surface area (Å²) in [4.78, 5) is 21.0. The molecule has 3 aliphatic heterocycles. The van der Waals surface area contributed by atoms with Gasteiger partial charge in [0.05, 0.1) is 18.8 Å². The molecule has 0 bridgehead atoms. The van der Waals surface area contributed by atoms with Crippen molar-refractivity contribution < 1.29 is 19.4 Å². The van der Waals surface area contributed by atoms with Gasteiger partial charge in [-0.25, -0.2) is 0 Å². The number of rotatable bonds is 7. The van der Waals surface area contributed by atoms with Crippen LogP contribution in [0.5, 0.6) is 5.75 Å². The number of hydrogen-bond donors (Lipinski definition) is 1. The van der Waals surface area contributed by atoms with Crippen LogP contribution in [0, 0.1) is 0 Å². The third-order valence-electron chi connectivity index (χ3n) is 6.58. The van der Waals surface area contributed by atoms with E-state index in [9.17, 15) is 9.90 Å². The SMILES string of the molecule is CN1CCN(C[C@]2(O)CCN(Cc3ccc(OCC(=O)N4CCOCC4)cc3)C2)CC1. The fourth-order valence-corrected chi connectivity index (χ4v) is 4.63. The van der Waals surface area contributed by atoms with Gasteiger partial charge in [-0.1, -0.05) is 12.1 Å². The first-order chi connectivity index (χ1) is 15.0. The highest BCUT2D eigenvalue weighted by Crippen LogP contribution is 2.25. The average Bonchev–Trinajstić information content (AvgIpc) is 3.15. The minimum atomic E-state index is -0.612. The van der Waals surface area contributed by atoms with E-state index >= 15 is 0 Å². The largest absolute Gasteiger partial charge is 0.484 e. The minimum Gasteiger partial charge on any atom is -0.484 e. The van der Waals surface area contributed by atoms with Crippen LogP contribution in [0.3, 0.4) is 0 Å². The molecule has 0 aliphatic carbocycles. The molecule has 0 saturated carbocycles. The van der Waals surface area contributed by atoms with Gasteiger partial charge in [0, 0.05) is 65.4 Å². The van der Waals surface area contributed by atoms with Gasteiger partial charge in [0.1, 0.15) is 5.75 Å². The zero-order valence-electron chi connectivity index (χ0n) is 18.7. The molecule has 0 unspecified atom stereocenters. The summed E-state index contributed by atoms with van der Waals surface area (Å²) in [5.74, 6) is 0.711. The minimum absolute atomic E-state index is 0.00378. The van der Waals surface area contributed by atoms with Crippen molar-refractivity contribution in [2.75, 3.05) is 85.8 Å². The Morgan fingerprint density at radius 2 is 1.74 bits per heavy atom. The summed E-state index contributed by atoms with van der Waals surface area (Å²) >= 11 is 0. The number of aliphatic hydroxyl groups is 1. The van der Waals surface area contributed by atoms with Gasteiger partial charge < -0.3 is 24.4 Å². The highest BCUT2D eigenvalue weighted by Gasteiger charge is 2.37. The zero-order chi connectivity index (χ0) is 21.7. The topological polar surface area (TPSA) is 68.7 Å². The number of piperazine rings is 1. The Labute approximate surface area is 185 Å². The summed E-state index contributed by atoms with van der Waals surface area (Å²) < 4.78 is 11.0. The van der Waals surface area contributed by atoms with E-state index < -0.39 is 5.60 Å². The first kappa shape index (κ1) is 22.5. The van der Waals surface area contributed by atoms with Gasteiger partial charge in [-0.3, -0.25) is 14.6 Å². The maximum Gasteiger partial charge on any atom is 0.260 e. The molecule has 1 atom stereocenters. The molecule has 8 heteroatoms. The predicted octanol–water partition coefficient (Wildman–Crippen LogP) is 0.108. The molecule has 1 aromatic rings. The molecule has 0 radical (unpaired) electrons. The molecule has 1 N–H and O–H groups in total. The van der Waals surface area contributed by atoms with E-state index in [1.807, 2.05) is 24.3 Å². The Morgan fingerprint density at radius 3 is 2.45 bits per heavy atom. The number of carbonyl (C=O) groups excluding carboxylic acids is 1. The van der Waals surface area contributed by atoms with Crippen molar-refractivity contribution in [1.82, 2.24) is 19.6 Å². The predicted molar refractivity (Wildman–Crippen MR) is 118 cm³/mol. The van der Waals surface area contributed by atoms with Crippen LogP contribution in [0.4, 0.5) is 0 Å². The fraction of sp³-hybridized carbons (Fsp3) is 0.696. The zero-order valence-corrected chi connectivity index (χ0v) is 18.7. The van der Waals surface area contributed by atoms with Crippen molar-refractivity contribution in [1.29, 1.82) is 0 Å². The molecule has 1 amide bonds. The third kappa shape index (κ3) is 6.40. The second-order valence-corrected chi connectivity index (χ2v) is 9.19. The van der Waals surface area contributed by atoms with E-state index in [2.05, 4.69) is 21.7 Å². The second-order valence-electron chi connectivity index (χ2n) is 9.19. The van der Waals surface area contributed by atoms with Gasteiger partial charge in [0.25, 0.3) is 5.91 Å². The number of nitrogens with zero attached hydrogens (tertiary/aromatic N) is 4. The van der Waals surface area contributed by atoms with E-state index in [4.69, 9.17) is 9.47 Å². The molecule has 8 nitrogen and oxygen atoms in total. The molecule has 3 aliphatic rings. The number of ether oxygens (including phenoxy) is 2. The Bertz CT molecular complexity index is 717. The van der Waals surface area contributed by atoms with E-state index in [-0.39, 0.29) is 12.5 Å². The maximum absolute atomic E-state index is 12.2. The highest BCUT2D eigenvalue weighted by atomic mass is 16.5. The number of likely N-dealkylation sites (N-methyl/N-ethyl adjacent to an activating group) is 1. The summed E-state index contributed by atoms with van der Waals surface area (Å²) in [6.45, 7) is 9.96. The number of amides is 1. The number of hydrogen-bond acceptors (Lipinski definition) is 7. The Balaban J connectivity index is 1.20. The molecule has 1 aromatic carbocycles. The summed E-state index contributed by atoms with van der Waals surface area (Å²) in [6.07, 6.45) is 0.824. The van der Waals surface area contributed by atoms with E-state index in [1.165, 1.54) is 5.56 Å². The second kappa shape index (κ2) is 10.3. The lowest BCUT2D eigenvalue weighted by Crippen LogP contribution is -2.51. The molecule has 3 fully saturated rings. The summed E-state index contributed by atoms with van der Waals surface area (Å²) in [6, 6.07) is 7.95. The molecule has 0 aromatic heterocycles. The van der Waals surface area contributed by atoms with Crippen LogP contribution in [0.25, 0.3) is 0 Å². The average molecular weight is 433 g/mol. The van der Waals surface area contributed by atoms with Gasteiger partial charge in [-0.15, -0.1) is 0 Å². The van der Waals surface area contributed by atoms with Gasteiger partial charge in [0.2, 0.25) is 0 Å². The van der Waals surface area contributed by atoms with Crippen molar-refractivity contribution in [3.8, 4) is 5.75 Å². The van der Waals surface area contributed by atoms with Crippen LogP contribution in [0.2, 0.25) is 0 Å². The summed E-state index contributed by atoms with van der Waals surface area (Å²) in [5, 5.41) is 11.1. The van der Waals surface area contributed by atoms with Gasteiger partial charge in [-0.2, -0.15) is 0 Å². The number of β-amino-alcohol motifs (C(OH)–C–C–N with tert-alkyl or cyclic N) is 1. The standard InChI is InChI=1S/C23H36N4O4/c1-24-8-10-25(11-9-24)18-23(29)6-7-26(19-23)16-20-2-4-21(5-3-20)31-17-22(28)27-12-14-30-15-13-27/h2-5,29H,6-19H2,1H3/t23-/m1/s1. The van der Waals surface area contributed by atoms with E-state index in [0.29, 0.717) is 38.6 Å². The van der Waals surface area contributed by atoms with E-state index in [0.717, 1.165) is 52.2 Å². The number of morpholine rings is 1. The fourth-order valence-electron chi connectivity index (χ4n) is 4.63. The van der Waals surface area contributed by atoms with Gasteiger partial charge >= 0.3 is 0 Å². The Hall–Kier alpha value is -1.71. The number of carbonyl (C=O) groups is 1. The van der Waals surface area contributed by atoms with Crippen molar-refractivity contribution in [2.45, 2.75) is 18.6 Å². The van der Waals surface area contributed by atoms with E-state index in [1.54, 1.807) is 4.90 Å². The Kier molecular flexibility index (Phi) is 7.45. The van der Waals surface area contributed by atoms with Crippen molar-refractivity contribution in [3.63, 3.8) is 0 Å². The van der Waals surface area contributed by atoms with Crippen LogP contribution in [0.1, 0.15) is 12.0 Å². The molecule has 4 rings (SSSR count). The highest BCUT2D eigenvalue weighted by molar-refractivity contribution is 5.77. The first-order valence-corrected chi connectivity index (χ1v) is 11.4. The lowest BCUT2D eigenvalue weighted by atomic mass is 10.0. The van der Waals surface area contributed by atoms with Crippen molar-refractivity contribution >= 4 is 5.91 Å². The van der Waals surface area contributed by atoms with Crippen LogP contribution >= 0.6 is 0 Å². The summed E-state index contributed by atoms with van der Waals surface area (Å²) in [7, 11) is 2.15. The maximum atomic E-state index is 12.2. The molecule has 3 heterocycles. The van der Waals surface area contributed by atoms with Crippen molar-refractivity contribution in [2.24, 2.45) is 0 Å².